The Kier molecular flexibility index (Phi) is 5.79. The van der Waals surface area contributed by atoms with Crippen LogP contribution in [0.5, 0.6) is 0 Å². The Bertz CT molecular complexity index is 266. The Labute approximate surface area is 93.2 Å². The third-order valence-electron chi connectivity index (χ3n) is 2.56. The van der Waals surface area contributed by atoms with Crippen LogP contribution in [0.1, 0.15) is 37.8 Å². The van der Waals surface area contributed by atoms with E-state index >= 15 is 0 Å². The summed E-state index contributed by atoms with van der Waals surface area (Å²) in [5.41, 5.74) is 1.38. The molecule has 1 heteroatoms. The zero-order valence-electron chi connectivity index (χ0n) is 9.58. The number of benzene rings is 1. The van der Waals surface area contributed by atoms with E-state index in [0.717, 1.165) is 6.54 Å². The molecule has 1 nitrogen and oxygen atoms in total. The summed E-state index contributed by atoms with van der Waals surface area (Å²) in [6, 6.07) is 11.1. The highest BCUT2D eigenvalue weighted by atomic mass is 14.9. The summed E-state index contributed by atoms with van der Waals surface area (Å²) in [5, 5.41) is 3.50. The van der Waals surface area contributed by atoms with Crippen molar-refractivity contribution in [3.8, 4) is 0 Å². The second-order valence-electron chi connectivity index (χ2n) is 3.80. The second kappa shape index (κ2) is 7.24. The van der Waals surface area contributed by atoms with Crippen molar-refractivity contribution in [1.29, 1.82) is 0 Å². The molecule has 0 bridgehead atoms. The van der Waals surface area contributed by atoms with Gasteiger partial charge in [0.25, 0.3) is 0 Å². The molecule has 0 saturated heterocycles. The summed E-state index contributed by atoms with van der Waals surface area (Å²) in [4.78, 5) is 0. The monoisotopic (exact) mass is 203 g/mol. The second-order valence-corrected chi connectivity index (χ2v) is 3.80. The molecule has 15 heavy (non-hydrogen) atoms. The van der Waals surface area contributed by atoms with E-state index in [1.54, 1.807) is 0 Å². The smallest absolute Gasteiger partial charge is 0.0323 e. The number of hydrogen-bond donors (Lipinski definition) is 1. The summed E-state index contributed by atoms with van der Waals surface area (Å²) < 4.78 is 0. The van der Waals surface area contributed by atoms with Crippen LogP contribution < -0.4 is 5.32 Å². The van der Waals surface area contributed by atoms with E-state index in [-0.39, 0.29) is 0 Å². The van der Waals surface area contributed by atoms with Gasteiger partial charge in [0.2, 0.25) is 0 Å². The maximum Gasteiger partial charge on any atom is 0.0323 e. The number of unbranched alkanes of at least 4 members (excludes halogenated alkanes) is 1. The first-order chi connectivity index (χ1) is 7.38. The van der Waals surface area contributed by atoms with Gasteiger partial charge in [-0.2, -0.15) is 0 Å². The van der Waals surface area contributed by atoms with Gasteiger partial charge in [-0.25, -0.2) is 0 Å². The molecule has 0 saturated carbocycles. The molecular weight excluding hydrogens is 182 g/mol. The molecule has 0 aromatic heterocycles. The van der Waals surface area contributed by atoms with Gasteiger partial charge in [-0.05, 0) is 12.0 Å². The zero-order valence-corrected chi connectivity index (χ0v) is 9.58. The van der Waals surface area contributed by atoms with E-state index < -0.39 is 0 Å². The third kappa shape index (κ3) is 4.30. The summed E-state index contributed by atoms with van der Waals surface area (Å²) in [6.45, 7) is 6.85. The van der Waals surface area contributed by atoms with Crippen LogP contribution in [0.3, 0.4) is 0 Å². The minimum Gasteiger partial charge on any atom is -0.306 e. The molecule has 1 rings (SSSR count). The van der Waals surface area contributed by atoms with Crippen molar-refractivity contribution in [2.24, 2.45) is 0 Å². The molecule has 0 amide bonds. The Morgan fingerprint density at radius 3 is 2.67 bits per heavy atom. The third-order valence-corrected chi connectivity index (χ3v) is 2.56. The van der Waals surface area contributed by atoms with Gasteiger partial charge in [-0.3, -0.25) is 0 Å². The quantitative estimate of drug-likeness (QED) is 0.666. The van der Waals surface area contributed by atoms with Crippen molar-refractivity contribution in [1.82, 2.24) is 5.32 Å². The predicted octanol–water partition coefficient (Wildman–Crippen LogP) is 3.69. The lowest BCUT2D eigenvalue weighted by Crippen LogP contribution is -2.21. The van der Waals surface area contributed by atoms with Crippen molar-refractivity contribution in [3.63, 3.8) is 0 Å². The van der Waals surface area contributed by atoms with Crippen LogP contribution in [-0.2, 0) is 0 Å². The first kappa shape index (κ1) is 12.0. The van der Waals surface area contributed by atoms with Gasteiger partial charge in [0, 0.05) is 12.6 Å². The van der Waals surface area contributed by atoms with E-state index in [1.807, 2.05) is 6.08 Å². The lowest BCUT2D eigenvalue weighted by atomic mass is 10.0. The van der Waals surface area contributed by atoms with Gasteiger partial charge in [-0.15, -0.1) is 6.58 Å². The summed E-state index contributed by atoms with van der Waals surface area (Å²) in [7, 11) is 0. The van der Waals surface area contributed by atoms with Gasteiger partial charge in [-0.1, -0.05) is 56.2 Å². The van der Waals surface area contributed by atoms with Crippen molar-refractivity contribution in [2.45, 2.75) is 32.2 Å². The maximum absolute atomic E-state index is 3.74. The van der Waals surface area contributed by atoms with Crippen LogP contribution in [0, 0.1) is 0 Å². The molecule has 1 aromatic rings. The van der Waals surface area contributed by atoms with Crippen LogP contribution in [-0.4, -0.2) is 6.54 Å². The molecule has 82 valence electrons. The lowest BCUT2D eigenvalue weighted by molar-refractivity contribution is 0.505. The van der Waals surface area contributed by atoms with E-state index in [4.69, 9.17) is 0 Å². The molecule has 1 unspecified atom stereocenters. The van der Waals surface area contributed by atoms with Crippen molar-refractivity contribution in [2.75, 3.05) is 6.54 Å². The highest BCUT2D eigenvalue weighted by molar-refractivity contribution is 5.18. The van der Waals surface area contributed by atoms with Crippen LogP contribution >= 0.6 is 0 Å². The summed E-state index contributed by atoms with van der Waals surface area (Å²) in [5.74, 6) is 0. The molecule has 0 spiro atoms. The fourth-order valence-corrected chi connectivity index (χ4v) is 1.71. The fourth-order valence-electron chi connectivity index (χ4n) is 1.71. The van der Waals surface area contributed by atoms with Crippen molar-refractivity contribution >= 4 is 0 Å². The summed E-state index contributed by atoms with van der Waals surface area (Å²) >= 11 is 0. The first-order valence-corrected chi connectivity index (χ1v) is 5.77. The van der Waals surface area contributed by atoms with Crippen molar-refractivity contribution < 1.29 is 0 Å². The summed E-state index contributed by atoms with van der Waals surface area (Å²) in [6.07, 6.45) is 5.64. The van der Waals surface area contributed by atoms with Gasteiger partial charge >= 0.3 is 0 Å². The molecule has 1 atom stereocenters. The molecule has 0 aliphatic rings. The molecular formula is C14H21N. The normalized spacial score (nSPS) is 12.3. The molecule has 0 aliphatic carbocycles. The Hall–Kier alpha value is -1.08. The minimum atomic E-state index is 0.476. The van der Waals surface area contributed by atoms with Gasteiger partial charge < -0.3 is 5.32 Å². The van der Waals surface area contributed by atoms with Gasteiger partial charge in [0.05, 0.1) is 0 Å². The zero-order chi connectivity index (χ0) is 10.9. The topological polar surface area (TPSA) is 12.0 Å². The number of hydrogen-bond acceptors (Lipinski definition) is 1. The van der Waals surface area contributed by atoms with Crippen LogP contribution in [0.25, 0.3) is 0 Å². The number of rotatable bonds is 7. The molecule has 0 heterocycles. The van der Waals surface area contributed by atoms with Crippen LogP contribution in [0.2, 0.25) is 0 Å². The van der Waals surface area contributed by atoms with E-state index in [9.17, 15) is 0 Å². The highest BCUT2D eigenvalue weighted by Crippen LogP contribution is 2.18. The van der Waals surface area contributed by atoms with Crippen LogP contribution in [0.4, 0.5) is 0 Å². The Morgan fingerprint density at radius 2 is 2.07 bits per heavy atom. The Balaban J connectivity index is 2.58. The average Bonchev–Trinajstić information content (AvgIpc) is 2.30. The van der Waals surface area contributed by atoms with Crippen molar-refractivity contribution in [3.05, 3.63) is 48.6 Å². The van der Waals surface area contributed by atoms with E-state index in [1.165, 1.54) is 24.8 Å². The molecule has 0 aliphatic heterocycles. The first-order valence-electron chi connectivity index (χ1n) is 5.77. The standard InChI is InChI=1S/C14H21N/c1-3-5-11-14(15-12-4-2)13-9-7-6-8-10-13/h4,6-10,14-15H,2-3,5,11-12H2,1H3. The Morgan fingerprint density at radius 1 is 1.33 bits per heavy atom. The van der Waals surface area contributed by atoms with E-state index in [0.29, 0.717) is 6.04 Å². The maximum atomic E-state index is 3.74. The average molecular weight is 203 g/mol. The largest absolute Gasteiger partial charge is 0.306 e. The van der Waals surface area contributed by atoms with Gasteiger partial charge in [0.1, 0.15) is 0 Å². The predicted molar refractivity (Wildman–Crippen MR) is 66.9 cm³/mol. The molecule has 0 radical (unpaired) electrons. The molecule has 0 fully saturated rings. The van der Waals surface area contributed by atoms with E-state index in [2.05, 4.69) is 49.2 Å². The van der Waals surface area contributed by atoms with Crippen LogP contribution in [0.15, 0.2) is 43.0 Å². The molecule has 1 aromatic carbocycles. The minimum absolute atomic E-state index is 0.476. The number of nitrogens with one attached hydrogen (secondary N) is 1. The lowest BCUT2D eigenvalue weighted by Gasteiger charge is -2.17. The fraction of sp³-hybridized carbons (Fsp3) is 0.429. The molecule has 1 N–H and O–H groups in total. The van der Waals surface area contributed by atoms with Gasteiger partial charge in [0.15, 0.2) is 0 Å². The SMILES string of the molecule is C=CCNC(CCCC)c1ccccc1. The highest BCUT2D eigenvalue weighted by Gasteiger charge is 2.08.